The maximum atomic E-state index is 9.50. The molecule has 0 saturated carbocycles. The third kappa shape index (κ3) is 6.39. The van der Waals surface area contributed by atoms with Crippen molar-refractivity contribution in [2.45, 2.75) is 73.3 Å². The van der Waals surface area contributed by atoms with Crippen molar-refractivity contribution in [3.63, 3.8) is 0 Å². The summed E-state index contributed by atoms with van der Waals surface area (Å²) in [5.41, 5.74) is 19.2. The Morgan fingerprint density at radius 1 is 1.00 bits per heavy atom. The van der Waals surface area contributed by atoms with Crippen LogP contribution < -0.4 is 11.1 Å². The zero-order valence-electron chi connectivity index (χ0n) is 22.6. The number of hydrogen-bond donors (Lipinski definition) is 2. The van der Waals surface area contributed by atoms with Crippen molar-refractivity contribution in [2.24, 2.45) is 17.6 Å². The number of rotatable bonds is 4. The van der Waals surface area contributed by atoms with E-state index < -0.39 is 0 Å². The van der Waals surface area contributed by atoms with Gasteiger partial charge in [0.1, 0.15) is 6.29 Å². The molecular formula is C32H44N2O. The van der Waals surface area contributed by atoms with Crippen LogP contribution in [0.2, 0.25) is 0 Å². The predicted octanol–water partition coefficient (Wildman–Crippen LogP) is 6.45. The first kappa shape index (κ1) is 27.1. The average molecular weight is 473 g/mol. The van der Waals surface area contributed by atoms with E-state index in [-0.39, 0.29) is 5.92 Å². The summed E-state index contributed by atoms with van der Waals surface area (Å²) in [6, 6.07) is 13.9. The third-order valence-electron chi connectivity index (χ3n) is 7.15. The number of allylic oxidation sites excluding steroid dienone is 1. The van der Waals surface area contributed by atoms with Crippen molar-refractivity contribution in [3.05, 3.63) is 81.4 Å². The van der Waals surface area contributed by atoms with Crippen molar-refractivity contribution >= 4 is 17.4 Å². The number of nitrogens with one attached hydrogen (secondary N) is 1. The summed E-state index contributed by atoms with van der Waals surface area (Å²) in [4.78, 5) is 9.50. The fourth-order valence-corrected chi connectivity index (χ4v) is 5.55. The summed E-state index contributed by atoms with van der Waals surface area (Å²) in [6.45, 7) is 14.7. The quantitative estimate of drug-likeness (QED) is 0.503. The Bertz CT molecular complexity index is 1090. The summed E-state index contributed by atoms with van der Waals surface area (Å²) in [5.74, 6) is 0.893. The Hall–Kier alpha value is -2.49. The standard InChI is InChI=1S/C16H21N.C12H15N.C4H8O/c1-10(2)16-14-9-12-6-4-5-11(3)15(12)13(14)7-8-17-16;1-9-3-2-4-10-5-6-11(7-8-13)12(9)10;1-4(2)3-5/h4-6,10,16-17H,7-9H2,1-3H3;2-4,6H,5,7-8,13H2,1H3;3-4H,1-2H3. The molecule has 5 rings (SSSR count). The smallest absolute Gasteiger partial charge is 0.122 e. The van der Waals surface area contributed by atoms with Gasteiger partial charge in [-0.2, -0.15) is 0 Å². The van der Waals surface area contributed by atoms with E-state index in [1.54, 1.807) is 22.3 Å². The zero-order chi connectivity index (χ0) is 25.5. The van der Waals surface area contributed by atoms with Gasteiger partial charge in [-0.15, -0.1) is 0 Å². The van der Waals surface area contributed by atoms with Gasteiger partial charge in [0.2, 0.25) is 0 Å². The minimum Gasteiger partial charge on any atom is -0.330 e. The number of nitrogens with two attached hydrogens (primary N) is 1. The number of carbonyl (C=O) groups excluding carboxylic acids is 1. The molecule has 1 heterocycles. The van der Waals surface area contributed by atoms with Crippen LogP contribution >= 0.6 is 0 Å². The molecule has 188 valence electrons. The highest BCUT2D eigenvalue weighted by molar-refractivity contribution is 5.80. The zero-order valence-corrected chi connectivity index (χ0v) is 22.6. The first-order chi connectivity index (χ1) is 16.8. The molecule has 1 unspecified atom stereocenters. The highest BCUT2D eigenvalue weighted by Crippen LogP contribution is 2.41. The molecule has 1 aliphatic heterocycles. The predicted molar refractivity (Wildman–Crippen MR) is 150 cm³/mol. The van der Waals surface area contributed by atoms with Gasteiger partial charge in [-0.3, -0.25) is 0 Å². The van der Waals surface area contributed by atoms with E-state index >= 15 is 0 Å². The Morgan fingerprint density at radius 2 is 1.63 bits per heavy atom. The second-order valence-corrected chi connectivity index (χ2v) is 10.7. The van der Waals surface area contributed by atoms with Crippen LogP contribution in [0.15, 0.2) is 48.0 Å². The number of hydrogen-bond acceptors (Lipinski definition) is 3. The summed E-state index contributed by atoms with van der Waals surface area (Å²) >= 11 is 0. The van der Waals surface area contributed by atoms with E-state index in [1.807, 2.05) is 13.8 Å². The molecule has 0 bridgehead atoms. The van der Waals surface area contributed by atoms with E-state index in [1.165, 1.54) is 40.7 Å². The second kappa shape index (κ2) is 12.5. The lowest BCUT2D eigenvalue weighted by Gasteiger charge is -2.30. The summed E-state index contributed by atoms with van der Waals surface area (Å²) in [7, 11) is 0. The SMILES string of the molecule is CC(C)C=O.Cc1cccc2c1C(CCN)=CC2.Cc1cccc2c1C1=C(C2)C(C(C)C)NCC1. The third-order valence-corrected chi connectivity index (χ3v) is 7.15. The lowest BCUT2D eigenvalue weighted by atomic mass is 9.88. The van der Waals surface area contributed by atoms with Crippen molar-refractivity contribution in [3.8, 4) is 0 Å². The van der Waals surface area contributed by atoms with Gasteiger partial charge in [0.15, 0.2) is 0 Å². The molecule has 3 N–H and O–H groups in total. The molecule has 0 aromatic heterocycles. The molecule has 2 aromatic rings. The second-order valence-electron chi connectivity index (χ2n) is 10.7. The monoisotopic (exact) mass is 472 g/mol. The van der Waals surface area contributed by atoms with Crippen LogP contribution in [0.25, 0.3) is 11.1 Å². The van der Waals surface area contributed by atoms with E-state index in [2.05, 4.69) is 75.5 Å². The molecule has 2 aromatic carbocycles. The molecule has 0 fully saturated rings. The summed E-state index contributed by atoms with van der Waals surface area (Å²) in [6.07, 6.45) is 7.70. The van der Waals surface area contributed by atoms with Gasteiger partial charge >= 0.3 is 0 Å². The molecule has 2 aliphatic carbocycles. The number of fused-ring (bicyclic) bond motifs is 3. The number of aldehydes is 1. The van der Waals surface area contributed by atoms with E-state index in [4.69, 9.17) is 5.73 Å². The van der Waals surface area contributed by atoms with E-state index in [0.29, 0.717) is 12.0 Å². The first-order valence-electron chi connectivity index (χ1n) is 13.3. The first-order valence-corrected chi connectivity index (χ1v) is 13.3. The molecule has 0 radical (unpaired) electrons. The topological polar surface area (TPSA) is 55.1 Å². The number of carbonyl (C=O) groups is 1. The van der Waals surface area contributed by atoms with Crippen LogP contribution in [0.3, 0.4) is 0 Å². The Morgan fingerprint density at radius 3 is 2.23 bits per heavy atom. The maximum Gasteiger partial charge on any atom is 0.122 e. The molecule has 3 nitrogen and oxygen atoms in total. The van der Waals surface area contributed by atoms with Gasteiger partial charge in [0.05, 0.1) is 0 Å². The Kier molecular flexibility index (Phi) is 9.65. The van der Waals surface area contributed by atoms with Crippen LogP contribution in [-0.4, -0.2) is 25.4 Å². The van der Waals surface area contributed by atoms with Gasteiger partial charge in [-0.05, 0) is 109 Å². The Labute approximate surface area is 212 Å². The van der Waals surface area contributed by atoms with Crippen LogP contribution in [0, 0.1) is 25.7 Å². The molecule has 1 atom stereocenters. The van der Waals surface area contributed by atoms with Crippen LogP contribution in [0.1, 0.15) is 73.9 Å². The minimum atomic E-state index is 0.204. The fourth-order valence-electron chi connectivity index (χ4n) is 5.55. The fraction of sp³-hybridized carbons (Fsp3) is 0.469. The van der Waals surface area contributed by atoms with Crippen LogP contribution in [-0.2, 0) is 17.6 Å². The molecular weight excluding hydrogens is 428 g/mol. The highest BCUT2D eigenvalue weighted by atomic mass is 16.1. The Balaban J connectivity index is 0.000000169. The molecule has 3 aliphatic rings. The molecule has 0 amide bonds. The maximum absolute atomic E-state index is 9.50. The van der Waals surface area contributed by atoms with Crippen molar-refractivity contribution < 1.29 is 4.79 Å². The summed E-state index contributed by atoms with van der Waals surface area (Å²) < 4.78 is 0. The van der Waals surface area contributed by atoms with Gasteiger partial charge in [0.25, 0.3) is 0 Å². The van der Waals surface area contributed by atoms with Crippen molar-refractivity contribution in [2.75, 3.05) is 13.1 Å². The lowest BCUT2D eigenvalue weighted by molar-refractivity contribution is -0.110. The largest absolute Gasteiger partial charge is 0.330 e. The van der Waals surface area contributed by atoms with Crippen molar-refractivity contribution in [1.29, 1.82) is 0 Å². The summed E-state index contributed by atoms with van der Waals surface area (Å²) in [5, 5.41) is 3.69. The highest BCUT2D eigenvalue weighted by Gasteiger charge is 2.31. The molecule has 3 heteroatoms. The van der Waals surface area contributed by atoms with Crippen LogP contribution in [0.5, 0.6) is 0 Å². The van der Waals surface area contributed by atoms with E-state index in [9.17, 15) is 4.79 Å². The number of benzene rings is 2. The van der Waals surface area contributed by atoms with Gasteiger partial charge in [0, 0.05) is 12.0 Å². The van der Waals surface area contributed by atoms with E-state index in [0.717, 1.165) is 32.2 Å². The van der Waals surface area contributed by atoms with Gasteiger partial charge < -0.3 is 15.8 Å². The van der Waals surface area contributed by atoms with Crippen molar-refractivity contribution in [1.82, 2.24) is 5.32 Å². The molecule has 35 heavy (non-hydrogen) atoms. The molecule has 0 saturated heterocycles. The van der Waals surface area contributed by atoms with Gasteiger partial charge in [-0.1, -0.05) is 70.2 Å². The average Bonchev–Trinajstić information content (AvgIpc) is 3.43. The van der Waals surface area contributed by atoms with Gasteiger partial charge in [-0.25, -0.2) is 0 Å². The van der Waals surface area contributed by atoms with Crippen LogP contribution in [0.4, 0.5) is 0 Å². The molecule has 0 spiro atoms. The number of aryl methyl sites for hydroxylation is 2. The minimum absolute atomic E-state index is 0.204. The lowest BCUT2D eigenvalue weighted by Crippen LogP contribution is -2.39. The normalized spacial score (nSPS) is 17.6.